The molecule has 7 heavy (non-hydrogen) atoms. The van der Waals surface area contributed by atoms with E-state index in [-0.39, 0.29) is 0 Å². The summed E-state index contributed by atoms with van der Waals surface area (Å²) >= 11 is 0. The molecule has 3 heteroatoms. The number of aliphatic hydroxyl groups excluding tert-OH is 1. The fourth-order valence-electron chi connectivity index (χ4n) is 0. The average molecular weight is 108 g/mol. The zero-order chi connectivity index (χ0) is 6.71. The Morgan fingerprint density at radius 3 is 1.29 bits per heavy atom. The van der Waals surface area contributed by atoms with Crippen molar-refractivity contribution < 1.29 is 15.6 Å². The van der Waals surface area contributed by atoms with Gasteiger partial charge in [-0.2, -0.15) is 0 Å². The van der Waals surface area contributed by atoms with Crippen LogP contribution in [0.5, 0.6) is 0 Å². The molecular weight excluding hydrogens is 96.0 g/mol. The summed E-state index contributed by atoms with van der Waals surface area (Å²) in [6.45, 7) is 5.25. The van der Waals surface area contributed by atoms with Crippen molar-refractivity contribution in [2.45, 2.75) is 6.92 Å². The van der Waals surface area contributed by atoms with Crippen LogP contribution in [0.4, 0.5) is 0 Å². The lowest BCUT2D eigenvalue weighted by atomic mass is 10.8. The summed E-state index contributed by atoms with van der Waals surface area (Å²) in [7, 11) is 1.00. The largest absolute Gasteiger partial charge is 0.400 e. The molecule has 3 nitrogen and oxygen atoms in total. The molecule has 0 heterocycles. The zero-order valence-corrected chi connectivity index (χ0v) is 4.63. The van der Waals surface area contributed by atoms with E-state index in [1.54, 1.807) is 6.08 Å². The molecule has 0 aromatic rings. The van der Waals surface area contributed by atoms with Crippen LogP contribution in [0.2, 0.25) is 0 Å². The van der Waals surface area contributed by atoms with Gasteiger partial charge in [-0.15, -0.1) is 6.58 Å². The van der Waals surface area contributed by atoms with Gasteiger partial charge in [-0.3, -0.25) is 10.5 Å². The maximum Gasteiger partial charge on any atom is 0.0319 e. The van der Waals surface area contributed by atoms with Crippen molar-refractivity contribution in [1.29, 1.82) is 0 Å². The van der Waals surface area contributed by atoms with E-state index in [2.05, 4.69) is 6.58 Å². The standard InChI is InChI=1S/C3H6.CH4O.H2O2/c1-3-2;2*1-2/h3H,1H2,2H3;2H,1H3;1-2H. The molecule has 0 saturated carbocycles. The van der Waals surface area contributed by atoms with Crippen molar-refractivity contribution in [3.63, 3.8) is 0 Å². The molecule has 0 aromatic carbocycles. The second-order valence-corrected chi connectivity index (χ2v) is 0.408. The van der Waals surface area contributed by atoms with Crippen molar-refractivity contribution in [3.05, 3.63) is 12.7 Å². The van der Waals surface area contributed by atoms with Crippen molar-refractivity contribution in [1.82, 2.24) is 0 Å². The summed E-state index contributed by atoms with van der Waals surface area (Å²) in [5, 5.41) is 19.0. The Bertz CT molecular complexity index is 14.4. The minimum absolute atomic E-state index is 1.00. The lowest BCUT2D eigenvalue weighted by Gasteiger charge is -1.31. The van der Waals surface area contributed by atoms with Crippen LogP contribution < -0.4 is 0 Å². The highest BCUT2D eigenvalue weighted by Crippen LogP contribution is 1.38. The van der Waals surface area contributed by atoms with Gasteiger partial charge in [0.1, 0.15) is 0 Å². The molecule has 0 fully saturated rings. The quantitative estimate of drug-likeness (QED) is 0.244. The second-order valence-electron chi connectivity index (χ2n) is 0.408. The molecule has 0 aliphatic heterocycles. The van der Waals surface area contributed by atoms with Crippen molar-refractivity contribution in [2.24, 2.45) is 0 Å². The highest BCUT2D eigenvalue weighted by Gasteiger charge is 1.15. The number of hydrogen-bond acceptors (Lipinski definition) is 3. The second kappa shape index (κ2) is 312. The third-order valence-corrected chi connectivity index (χ3v) is 0. The Morgan fingerprint density at radius 2 is 1.29 bits per heavy atom. The van der Waals surface area contributed by atoms with Gasteiger partial charge in [-0.1, -0.05) is 6.08 Å². The molecule has 0 bridgehead atoms. The average Bonchev–Trinajstić information content (AvgIpc) is 1.78. The van der Waals surface area contributed by atoms with E-state index < -0.39 is 0 Å². The fraction of sp³-hybridized carbons (Fsp3) is 0.500. The van der Waals surface area contributed by atoms with E-state index >= 15 is 0 Å². The molecule has 0 aliphatic carbocycles. The highest BCUT2D eigenvalue weighted by molar-refractivity contribution is 4.51. The van der Waals surface area contributed by atoms with E-state index in [4.69, 9.17) is 15.6 Å². The minimum atomic E-state index is 1.00. The zero-order valence-electron chi connectivity index (χ0n) is 4.63. The predicted octanol–water partition coefficient (Wildman–Crippen LogP) is 0.818. The summed E-state index contributed by atoms with van der Waals surface area (Å²) in [5.41, 5.74) is 0. The minimum Gasteiger partial charge on any atom is -0.400 e. The van der Waals surface area contributed by atoms with Crippen molar-refractivity contribution in [2.75, 3.05) is 7.11 Å². The topological polar surface area (TPSA) is 60.7 Å². The third kappa shape index (κ3) is 510. The molecule has 0 unspecified atom stereocenters. The Labute approximate surface area is 43.5 Å². The Kier molecular flexibility index (Phi) is 711. The Hall–Kier alpha value is -0.380. The summed E-state index contributed by atoms with van der Waals surface area (Å²) in [6.07, 6.45) is 1.75. The van der Waals surface area contributed by atoms with Gasteiger partial charge in [0, 0.05) is 7.11 Å². The maximum atomic E-state index is 7.00. The van der Waals surface area contributed by atoms with Crippen LogP contribution in [0.15, 0.2) is 12.7 Å². The lowest BCUT2D eigenvalue weighted by molar-refractivity contribution is -0.176. The van der Waals surface area contributed by atoms with Crippen LogP contribution in [0, 0.1) is 0 Å². The van der Waals surface area contributed by atoms with Crippen LogP contribution in [-0.2, 0) is 0 Å². The van der Waals surface area contributed by atoms with E-state index in [0.717, 1.165) is 7.11 Å². The van der Waals surface area contributed by atoms with E-state index in [1.165, 1.54) is 0 Å². The molecule has 3 N–H and O–H groups in total. The van der Waals surface area contributed by atoms with E-state index in [1.807, 2.05) is 6.92 Å². The summed E-state index contributed by atoms with van der Waals surface area (Å²) in [5.74, 6) is 0. The van der Waals surface area contributed by atoms with Gasteiger partial charge in [0.2, 0.25) is 0 Å². The number of rotatable bonds is 0. The number of aliphatic hydroxyl groups is 1. The van der Waals surface area contributed by atoms with Gasteiger partial charge in [0.25, 0.3) is 0 Å². The van der Waals surface area contributed by atoms with Gasteiger partial charge in [0.05, 0.1) is 0 Å². The van der Waals surface area contributed by atoms with Gasteiger partial charge in [-0.25, -0.2) is 0 Å². The van der Waals surface area contributed by atoms with Gasteiger partial charge < -0.3 is 5.11 Å². The van der Waals surface area contributed by atoms with Gasteiger partial charge >= 0.3 is 0 Å². The van der Waals surface area contributed by atoms with Crippen LogP contribution in [-0.4, -0.2) is 22.7 Å². The Morgan fingerprint density at radius 1 is 1.29 bits per heavy atom. The predicted molar refractivity (Wildman–Crippen MR) is 29.3 cm³/mol. The first kappa shape index (κ1) is 16.0. The molecule has 0 saturated heterocycles. The molecular formula is C4H12O3. The van der Waals surface area contributed by atoms with Gasteiger partial charge in [0.15, 0.2) is 0 Å². The van der Waals surface area contributed by atoms with Gasteiger partial charge in [-0.05, 0) is 6.92 Å². The monoisotopic (exact) mass is 108 g/mol. The summed E-state index contributed by atoms with van der Waals surface area (Å²) in [6, 6.07) is 0. The molecule has 0 rings (SSSR count). The first-order chi connectivity index (χ1) is 3.41. The fourth-order valence-corrected chi connectivity index (χ4v) is 0. The van der Waals surface area contributed by atoms with Crippen LogP contribution in [0.1, 0.15) is 6.92 Å². The first-order valence-corrected chi connectivity index (χ1v) is 1.63. The number of hydrogen-bond donors (Lipinski definition) is 3. The number of allylic oxidation sites excluding steroid dienone is 1. The molecule has 0 amide bonds. The van der Waals surface area contributed by atoms with E-state index in [0.29, 0.717) is 0 Å². The van der Waals surface area contributed by atoms with Crippen LogP contribution in [0.25, 0.3) is 0 Å². The normalized spacial score (nSPS) is 3.57. The highest BCUT2D eigenvalue weighted by atomic mass is 17.0. The van der Waals surface area contributed by atoms with Crippen LogP contribution in [0.3, 0.4) is 0 Å². The molecule has 0 aliphatic rings. The SMILES string of the molecule is C=CC.CO.OO. The molecule has 0 radical (unpaired) electrons. The Balaban J connectivity index is -0.0000000360. The smallest absolute Gasteiger partial charge is 0.0319 e. The van der Waals surface area contributed by atoms with Crippen molar-refractivity contribution in [3.8, 4) is 0 Å². The molecule has 0 aromatic heterocycles. The molecule has 0 spiro atoms. The summed E-state index contributed by atoms with van der Waals surface area (Å²) < 4.78 is 0. The van der Waals surface area contributed by atoms with Crippen LogP contribution >= 0.6 is 0 Å². The lowest BCUT2D eigenvalue weighted by Crippen LogP contribution is -1.29. The van der Waals surface area contributed by atoms with E-state index in [9.17, 15) is 0 Å². The van der Waals surface area contributed by atoms with Crippen molar-refractivity contribution >= 4 is 0 Å². The maximum absolute atomic E-state index is 7.00. The first-order valence-electron chi connectivity index (χ1n) is 1.63. The third-order valence-electron chi connectivity index (χ3n) is 0. The molecule has 0 atom stereocenters. The molecule has 46 valence electrons. The summed E-state index contributed by atoms with van der Waals surface area (Å²) in [4.78, 5) is 0.